The van der Waals surface area contributed by atoms with Crippen molar-refractivity contribution in [2.75, 3.05) is 19.7 Å². The number of nitrogens with one attached hydrogen (secondary N) is 1. The minimum Gasteiger partial charge on any atom is -0.494 e. The summed E-state index contributed by atoms with van der Waals surface area (Å²) in [6, 6.07) is 21.6. The Morgan fingerprint density at radius 3 is 2.58 bits per heavy atom. The monoisotopic (exact) mass is 462 g/mol. The molecule has 0 bridgehead atoms. The summed E-state index contributed by atoms with van der Waals surface area (Å²) < 4.78 is 34.1. The SMILES string of the molecule is N#Cc1ccc(S(=O)(=O)NC2CCCN2CCCOc2ccc(-c3ccccn3)cc2)cc1. The Kier molecular flexibility index (Phi) is 7.35. The van der Waals surface area contributed by atoms with Crippen LogP contribution in [0.4, 0.5) is 0 Å². The van der Waals surface area contributed by atoms with Crippen molar-refractivity contribution < 1.29 is 13.2 Å². The van der Waals surface area contributed by atoms with Crippen molar-refractivity contribution in [2.45, 2.75) is 30.3 Å². The highest BCUT2D eigenvalue weighted by Crippen LogP contribution is 2.21. The molecule has 1 fully saturated rings. The molecule has 1 aliphatic rings. The fraction of sp³-hybridized carbons (Fsp3) is 0.280. The summed E-state index contributed by atoms with van der Waals surface area (Å²) in [4.78, 5) is 6.67. The number of sulfonamides is 1. The molecule has 4 rings (SSSR count). The number of hydrogen-bond donors (Lipinski definition) is 1. The Morgan fingerprint density at radius 2 is 1.88 bits per heavy atom. The minimum absolute atomic E-state index is 0.172. The van der Waals surface area contributed by atoms with Gasteiger partial charge in [0.25, 0.3) is 0 Å². The molecule has 2 heterocycles. The molecule has 1 aromatic heterocycles. The molecule has 1 N–H and O–H groups in total. The van der Waals surface area contributed by atoms with Gasteiger partial charge < -0.3 is 4.74 Å². The van der Waals surface area contributed by atoms with Gasteiger partial charge in [-0.15, -0.1) is 0 Å². The smallest absolute Gasteiger partial charge is 0.241 e. The van der Waals surface area contributed by atoms with Crippen LogP contribution in [0.1, 0.15) is 24.8 Å². The molecule has 0 saturated carbocycles. The number of nitrogens with zero attached hydrogens (tertiary/aromatic N) is 3. The first-order valence-electron chi connectivity index (χ1n) is 11.0. The average molecular weight is 463 g/mol. The van der Waals surface area contributed by atoms with Gasteiger partial charge in [0.1, 0.15) is 5.75 Å². The fourth-order valence-corrected chi connectivity index (χ4v) is 5.15. The average Bonchev–Trinajstić information content (AvgIpc) is 3.29. The van der Waals surface area contributed by atoms with Crippen molar-refractivity contribution in [1.29, 1.82) is 5.26 Å². The largest absolute Gasteiger partial charge is 0.494 e. The second-order valence-electron chi connectivity index (χ2n) is 7.89. The van der Waals surface area contributed by atoms with Crippen LogP contribution in [0.5, 0.6) is 5.75 Å². The van der Waals surface area contributed by atoms with E-state index in [0.717, 1.165) is 49.4 Å². The quantitative estimate of drug-likeness (QED) is 0.486. The van der Waals surface area contributed by atoms with Crippen LogP contribution in [0, 0.1) is 11.3 Å². The third-order valence-corrected chi connectivity index (χ3v) is 7.10. The summed E-state index contributed by atoms with van der Waals surface area (Å²) in [6.45, 7) is 2.14. The summed E-state index contributed by atoms with van der Waals surface area (Å²) in [5.41, 5.74) is 2.40. The van der Waals surface area contributed by atoms with E-state index in [1.165, 1.54) is 24.3 Å². The zero-order chi connectivity index (χ0) is 23.1. The normalized spacial score (nSPS) is 16.4. The lowest BCUT2D eigenvalue weighted by Crippen LogP contribution is -2.44. The second-order valence-corrected chi connectivity index (χ2v) is 9.61. The van der Waals surface area contributed by atoms with Crippen LogP contribution in [0.2, 0.25) is 0 Å². The van der Waals surface area contributed by atoms with Gasteiger partial charge >= 0.3 is 0 Å². The van der Waals surface area contributed by atoms with E-state index in [9.17, 15) is 8.42 Å². The predicted molar refractivity (Wildman–Crippen MR) is 126 cm³/mol. The summed E-state index contributed by atoms with van der Waals surface area (Å²) in [5, 5.41) is 8.90. The number of hydrogen-bond acceptors (Lipinski definition) is 6. The highest BCUT2D eigenvalue weighted by molar-refractivity contribution is 7.89. The van der Waals surface area contributed by atoms with E-state index >= 15 is 0 Å². The summed E-state index contributed by atoms with van der Waals surface area (Å²) >= 11 is 0. The molecular formula is C25H26N4O3S. The maximum absolute atomic E-state index is 12.7. The van der Waals surface area contributed by atoms with Crippen molar-refractivity contribution in [3.8, 4) is 23.1 Å². The van der Waals surface area contributed by atoms with Crippen molar-refractivity contribution in [1.82, 2.24) is 14.6 Å². The van der Waals surface area contributed by atoms with Crippen LogP contribution in [0.3, 0.4) is 0 Å². The van der Waals surface area contributed by atoms with Crippen LogP contribution in [0.25, 0.3) is 11.3 Å². The maximum atomic E-state index is 12.7. The van der Waals surface area contributed by atoms with Crippen LogP contribution in [-0.2, 0) is 10.0 Å². The lowest BCUT2D eigenvalue weighted by atomic mass is 10.1. The molecule has 3 aromatic rings. The zero-order valence-corrected chi connectivity index (χ0v) is 19.0. The Morgan fingerprint density at radius 1 is 1.09 bits per heavy atom. The molecule has 170 valence electrons. The van der Waals surface area contributed by atoms with Gasteiger partial charge in [-0.1, -0.05) is 6.07 Å². The third-order valence-electron chi connectivity index (χ3n) is 5.62. The minimum atomic E-state index is -3.64. The Labute approximate surface area is 194 Å². The standard InChI is InChI=1S/C25H26N4O3S/c26-19-20-7-13-23(14-8-20)33(30,31)28-25-6-3-16-29(25)17-4-18-32-22-11-9-21(10-12-22)24-5-1-2-15-27-24/h1-2,5,7-15,25,28H,3-4,6,16-18H2. The number of rotatable bonds is 9. The molecule has 1 atom stereocenters. The molecule has 2 aromatic carbocycles. The van der Waals surface area contributed by atoms with Gasteiger partial charge in [0.05, 0.1) is 35.0 Å². The lowest BCUT2D eigenvalue weighted by molar-refractivity contribution is 0.214. The zero-order valence-electron chi connectivity index (χ0n) is 18.2. The number of benzene rings is 2. The van der Waals surface area contributed by atoms with Gasteiger partial charge in [-0.05, 0) is 86.5 Å². The molecule has 7 nitrogen and oxygen atoms in total. The van der Waals surface area contributed by atoms with Gasteiger partial charge in [0.2, 0.25) is 10.0 Å². The number of likely N-dealkylation sites (tertiary alicyclic amines) is 1. The van der Waals surface area contributed by atoms with Crippen LogP contribution < -0.4 is 9.46 Å². The highest BCUT2D eigenvalue weighted by atomic mass is 32.2. The Hall–Kier alpha value is -3.25. The van der Waals surface area contributed by atoms with Gasteiger partial charge in [-0.3, -0.25) is 9.88 Å². The number of aromatic nitrogens is 1. The summed E-state index contributed by atoms with van der Waals surface area (Å²) in [5.74, 6) is 0.800. The second kappa shape index (κ2) is 10.6. The molecule has 0 amide bonds. The predicted octanol–water partition coefficient (Wildman–Crippen LogP) is 3.79. The molecule has 8 heteroatoms. The number of nitriles is 1. The Bertz CT molecular complexity index is 1190. The fourth-order valence-electron chi connectivity index (χ4n) is 3.90. The molecule has 0 aliphatic carbocycles. The van der Waals surface area contributed by atoms with E-state index in [1.807, 2.05) is 48.5 Å². The molecule has 0 spiro atoms. The highest BCUT2D eigenvalue weighted by Gasteiger charge is 2.28. The first-order chi connectivity index (χ1) is 16.0. The molecular weight excluding hydrogens is 436 g/mol. The molecule has 1 unspecified atom stereocenters. The lowest BCUT2D eigenvalue weighted by Gasteiger charge is -2.25. The van der Waals surface area contributed by atoms with E-state index in [-0.39, 0.29) is 11.1 Å². The molecule has 1 saturated heterocycles. The molecule has 1 aliphatic heterocycles. The maximum Gasteiger partial charge on any atom is 0.241 e. The van der Waals surface area contributed by atoms with E-state index in [2.05, 4.69) is 14.6 Å². The van der Waals surface area contributed by atoms with Crippen LogP contribution in [0.15, 0.2) is 77.8 Å². The van der Waals surface area contributed by atoms with Crippen molar-refractivity contribution in [2.24, 2.45) is 0 Å². The first kappa shape index (κ1) is 22.9. The summed E-state index contributed by atoms with van der Waals surface area (Å²) in [7, 11) is -3.64. The van der Waals surface area contributed by atoms with E-state index in [1.54, 1.807) is 6.20 Å². The molecule has 33 heavy (non-hydrogen) atoms. The van der Waals surface area contributed by atoms with Crippen LogP contribution in [-0.4, -0.2) is 44.2 Å². The van der Waals surface area contributed by atoms with Gasteiger partial charge in [-0.2, -0.15) is 9.98 Å². The van der Waals surface area contributed by atoms with Crippen molar-refractivity contribution in [3.63, 3.8) is 0 Å². The van der Waals surface area contributed by atoms with Crippen LogP contribution >= 0.6 is 0 Å². The molecule has 0 radical (unpaired) electrons. The summed E-state index contributed by atoms with van der Waals surface area (Å²) in [6.07, 6.45) is 4.04. The van der Waals surface area contributed by atoms with Gasteiger partial charge in [0, 0.05) is 18.3 Å². The van der Waals surface area contributed by atoms with E-state index < -0.39 is 10.0 Å². The third kappa shape index (κ3) is 5.96. The van der Waals surface area contributed by atoms with E-state index in [0.29, 0.717) is 12.2 Å². The number of ether oxygens (including phenoxy) is 1. The van der Waals surface area contributed by atoms with Crippen molar-refractivity contribution in [3.05, 3.63) is 78.5 Å². The van der Waals surface area contributed by atoms with Gasteiger partial charge in [0.15, 0.2) is 0 Å². The van der Waals surface area contributed by atoms with Gasteiger partial charge in [-0.25, -0.2) is 8.42 Å². The number of pyridine rings is 1. The van der Waals surface area contributed by atoms with E-state index in [4.69, 9.17) is 10.00 Å². The van der Waals surface area contributed by atoms with Crippen molar-refractivity contribution >= 4 is 10.0 Å². The topological polar surface area (TPSA) is 95.3 Å². The Balaban J connectivity index is 1.25. The first-order valence-corrected chi connectivity index (χ1v) is 12.4.